The van der Waals surface area contributed by atoms with Crippen LogP contribution in [0.2, 0.25) is 0 Å². The Bertz CT molecular complexity index is 955. The van der Waals surface area contributed by atoms with Crippen LogP contribution in [-0.4, -0.2) is 29.2 Å². The molecular formula is C20H18F2N4OS. The molecule has 28 heavy (non-hydrogen) atoms. The minimum Gasteiger partial charge on any atom is -0.355 e. The van der Waals surface area contributed by atoms with E-state index in [-0.39, 0.29) is 17.5 Å². The van der Waals surface area contributed by atoms with E-state index < -0.39 is 11.6 Å². The molecule has 1 aromatic carbocycles. The highest BCUT2D eigenvalue weighted by Gasteiger charge is 2.26. The van der Waals surface area contributed by atoms with Crippen LogP contribution in [0.5, 0.6) is 0 Å². The topological polar surface area (TPSA) is 58.1 Å². The number of carbonyl (C=O) groups is 1. The maximum Gasteiger partial charge on any atom is 0.227 e. The molecule has 0 atom stereocenters. The van der Waals surface area contributed by atoms with Crippen molar-refractivity contribution in [1.29, 1.82) is 0 Å². The average molecular weight is 400 g/mol. The first-order valence-corrected chi connectivity index (χ1v) is 9.86. The van der Waals surface area contributed by atoms with Crippen LogP contribution in [-0.2, 0) is 4.79 Å². The van der Waals surface area contributed by atoms with Gasteiger partial charge >= 0.3 is 0 Å². The number of amides is 1. The Morgan fingerprint density at radius 1 is 1.11 bits per heavy atom. The highest BCUT2D eigenvalue weighted by Crippen LogP contribution is 2.26. The van der Waals surface area contributed by atoms with Crippen molar-refractivity contribution in [3.63, 3.8) is 0 Å². The number of aromatic nitrogens is 2. The lowest BCUT2D eigenvalue weighted by Crippen LogP contribution is -2.38. The summed E-state index contributed by atoms with van der Waals surface area (Å²) in [7, 11) is 0. The monoisotopic (exact) mass is 400 g/mol. The molecule has 3 heterocycles. The molecule has 144 valence electrons. The predicted molar refractivity (Wildman–Crippen MR) is 105 cm³/mol. The predicted octanol–water partition coefficient (Wildman–Crippen LogP) is 4.34. The summed E-state index contributed by atoms with van der Waals surface area (Å²) in [6, 6.07) is 10.9. The minimum atomic E-state index is -0.645. The molecule has 1 N–H and O–H groups in total. The second-order valence-corrected chi connectivity index (χ2v) is 7.58. The van der Waals surface area contributed by atoms with Crippen LogP contribution >= 0.6 is 11.3 Å². The van der Waals surface area contributed by atoms with E-state index in [0.29, 0.717) is 25.9 Å². The first-order valence-electron chi connectivity index (χ1n) is 8.98. The Kier molecular flexibility index (Phi) is 5.29. The summed E-state index contributed by atoms with van der Waals surface area (Å²) in [5, 5.41) is 13.1. The van der Waals surface area contributed by atoms with E-state index in [1.807, 2.05) is 29.6 Å². The number of rotatable bonds is 4. The summed E-state index contributed by atoms with van der Waals surface area (Å²) in [5.41, 5.74) is 0.715. The summed E-state index contributed by atoms with van der Waals surface area (Å²) in [5.74, 6) is -1.000. The van der Waals surface area contributed by atoms with Crippen LogP contribution in [0.1, 0.15) is 12.8 Å². The lowest BCUT2D eigenvalue weighted by molar-refractivity contribution is -0.120. The van der Waals surface area contributed by atoms with E-state index in [4.69, 9.17) is 0 Å². The number of hydrogen-bond donors (Lipinski definition) is 1. The first-order chi connectivity index (χ1) is 13.6. The van der Waals surface area contributed by atoms with Gasteiger partial charge in [0, 0.05) is 25.1 Å². The molecule has 0 aliphatic carbocycles. The van der Waals surface area contributed by atoms with Gasteiger partial charge in [-0.05, 0) is 48.6 Å². The molecule has 1 fully saturated rings. The molecule has 0 bridgehead atoms. The van der Waals surface area contributed by atoms with Crippen LogP contribution in [0.4, 0.5) is 20.3 Å². The SMILES string of the molecule is O=C(Nc1cc(F)ccc1F)C1CCN(c2ccc(-c3cccs3)nn2)CC1. The van der Waals surface area contributed by atoms with Crippen molar-refractivity contribution < 1.29 is 13.6 Å². The lowest BCUT2D eigenvalue weighted by atomic mass is 9.95. The van der Waals surface area contributed by atoms with Gasteiger partial charge < -0.3 is 10.2 Å². The number of nitrogens with zero attached hydrogens (tertiary/aromatic N) is 3. The minimum absolute atomic E-state index is 0.123. The summed E-state index contributed by atoms with van der Waals surface area (Å²) in [4.78, 5) is 15.6. The van der Waals surface area contributed by atoms with Crippen molar-refractivity contribution >= 4 is 28.7 Å². The molecule has 3 aromatic rings. The molecule has 1 saturated heterocycles. The van der Waals surface area contributed by atoms with Crippen molar-refractivity contribution in [1.82, 2.24) is 10.2 Å². The van der Waals surface area contributed by atoms with E-state index in [1.165, 1.54) is 0 Å². The summed E-state index contributed by atoms with van der Waals surface area (Å²) in [6.07, 6.45) is 1.22. The summed E-state index contributed by atoms with van der Waals surface area (Å²) >= 11 is 1.61. The molecule has 1 aliphatic heterocycles. The second-order valence-electron chi connectivity index (χ2n) is 6.63. The Morgan fingerprint density at radius 3 is 2.61 bits per heavy atom. The number of carbonyl (C=O) groups excluding carboxylic acids is 1. The molecule has 0 spiro atoms. The average Bonchev–Trinajstić information content (AvgIpc) is 3.26. The second kappa shape index (κ2) is 8.02. The number of anilines is 2. The van der Waals surface area contributed by atoms with Gasteiger partial charge in [0.15, 0.2) is 5.82 Å². The largest absolute Gasteiger partial charge is 0.355 e. The maximum absolute atomic E-state index is 13.7. The fraction of sp³-hybridized carbons (Fsp3) is 0.250. The van der Waals surface area contributed by atoms with Crippen LogP contribution in [0.15, 0.2) is 47.8 Å². The fourth-order valence-corrected chi connectivity index (χ4v) is 3.94. The molecule has 0 saturated carbocycles. The van der Waals surface area contributed by atoms with Crippen LogP contribution in [0.3, 0.4) is 0 Å². The molecule has 0 unspecified atom stereocenters. The van der Waals surface area contributed by atoms with E-state index in [0.717, 1.165) is 34.6 Å². The molecule has 4 rings (SSSR count). The van der Waals surface area contributed by atoms with Gasteiger partial charge in [0.05, 0.1) is 10.6 Å². The third kappa shape index (κ3) is 4.01. The van der Waals surface area contributed by atoms with Crippen molar-refractivity contribution in [2.75, 3.05) is 23.3 Å². The highest BCUT2D eigenvalue weighted by atomic mass is 32.1. The fourth-order valence-electron chi connectivity index (χ4n) is 3.25. The Morgan fingerprint density at radius 2 is 1.93 bits per heavy atom. The molecule has 8 heteroatoms. The zero-order chi connectivity index (χ0) is 19.5. The van der Waals surface area contributed by atoms with Gasteiger partial charge in [-0.3, -0.25) is 4.79 Å². The van der Waals surface area contributed by atoms with Gasteiger partial charge in [0.25, 0.3) is 0 Å². The molecular weight excluding hydrogens is 382 g/mol. The molecule has 1 amide bonds. The van der Waals surface area contributed by atoms with E-state index in [2.05, 4.69) is 20.4 Å². The molecule has 5 nitrogen and oxygen atoms in total. The van der Waals surface area contributed by atoms with Gasteiger partial charge in [-0.25, -0.2) is 8.78 Å². The number of thiophene rings is 1. The van der Waals surface area contributed by atoms with Crippen LogP contribution < -0.4 is 10.2 Å². The molecule has 1 aliphatic rings. The first kappa shape index (κ1) is 18.5. The van der Waals surface area contributed by atoms with Crippen molar-refractivity contribution in [2.45, 2.75) is 12.8 Å². The van der Waals surface area contributed by atoms with E-state index in [9.17, 15) is 13.6 Å². The normalized spacial score (nSPS) is 14.9. The summed E-state index contributed by atoms with van der Waals surface area (Å²) < 4.78 is 27.0. The van der Waals surface area contributed by atoms with Gasteiger partial charge in [-0.2, -0.15) is 0 Å². The Balaban J connectivity index is 1.35. The third-order valence-corrected chi connectivity index (χ3v) is 5.69. The van der Waals surface area contributed by atoms with E-state index >= 15 is 0 Å². The van der Waals surface area contributed by atoms with Gasteiger partial charge in [0.1, 0.15) is 17.3 Å². The van der Waals surface area contributed by atoms with Crippen LogP contribution in [0.25, 0.3) is 10.6 Å². The molecule has 2 aromatic heterocycles. The molecule has 0 radical (unpaired) electrons. The van der Waals surface area contributed by atoms with Crippen molar-refractivity contribution in [3.8, 4) is 10.6 Å². The summed E-state index contributed by atoms with van der Waals surface area (Å²) in [6.45, 7) is 1.30. The lowest BCUT2D eigenvalue weighted by Gasteiger charge is -2.31. The number of hydrogen-bond acceptors (Lipinski definition) is 5. The third-order valence-electron chi connectivity index (χ3n) is 4.80. The van der Waals surface area contributed by atoms with Gasteiger partial charge in [0.2, 0.25) is 5.91 Å². The quantitative estimate of drug-likeness (QED) is 0.708. The van der Waals surface area contributed by atoms with Gasteiger partial charge in [-0.1, -0.05) is 6.07 Å². The smallest absolute Gasteiger partial charge is 0.227 e. The van der Waals surface area contributed by atoms with Crippen molar-refractivity contribution in [3.05, 3.63) is 59.5 Å². The Hall–Kier alpha value is -2.87. The highest BCUT2D eigenvalue weighted by molar-refractivity contribution is 7.13. The zero-order valence-electron chi connectivity index (χ0n) is 14.9. The number of halogens is 2. The zero-order valence-corrected chi connectivity index (χ0v) is 15.8. The number of piperidine rings is 1. The Labute approximate surface area is 165 Å². The standard InChI is InChI=1S/C20H18F2N4OS/c21-14-3-4-15(22)17(12-14)23-20(27)13-7-9-26(10-8-13)19-6-5-16(24-25-19)18-2-1-11-28-18/h1-6,11-13H,7-10H2,(H,23,27). The van der Waals surface area contributed by atoms with Crippen LogP contribution in [0, 0.1) is 17.6 Å². The number of nitrogens with one attached hydrogen (secondary N) is 1. The van der Waals surface area contributed by atoms with E-state index in [1.54, 1.807) is 11.3 Å². The maximum atomic E-state index is 13.7. The van der Waals surface area contributed by atoms with Gasteiger partial charge in [-0.15, -0.1) is 21.5 Å². The number of benzene rings is 1. The van der Waals surface area contributed by atoms with Crippen molar-refractivity contribution in [2.24, 2.45) is 5.92 Å².